The summed E-state index contributed by atoms with van der Waals surface area (Å²) < 4.78 is 10.9. The SMILES string of the molecule is Cc1cccc(Nc2nc(Nc3ccc(OCC(=O)N4CCOCC4)cc3)ncc2C(N)=O)c1. The third-order valence-corrected chi connectivity index (χ3v) is 5.17. The Balaban J connectivity index is 1.40. The lowest BCUT2D eigenvalue weighted by atomic mass is 10.2. The largest absolute Gasteiger partial charge is 0.484 e. The molecule has 4 rings (SSSR count). The minimum absolute atomic E-state index is 0.0293. The van der Waals surface area contributed by atoms with Gasteiger partial charge in [0.15, 0.2) is 6.61 Å². The molecule has 1 fully saturated rings. The predicted molar refractivity (Wildman–Crippen MR) is 128 cm³/mol. The van der Waals surface area contributed by atoms with Crippen molar-refractivity contribution in [3.63, 3.8) is 0 Å². The summed E-state index contributed by atoms with van der Waals surface area (Å²) >= 11 is 0. The second kappa shape index (κ2) is 10.6. The van der Waals surface area contributed by atoms with Crippen LogP contribution in [0.4, 0.5) is 23.1 Å². The molecule has 2 amide bonds. The third kappa shape index (κ3) is 5.99. The molecule has 0 atom stereocenters. The molecule has 1 aliphatic heterocycles. The number of carbonyl (C=O) groups excluding carboxylic acids is 2. The van der Waals surface area contributed by atoms with Crippen LogP contribution in [0.2, 0.25) is 0 Å². The first-order valence-corrected chi connectivity index (χ1v) is 10.8. The smallest absolute Gasteiger partial charge is 0.260 e. The summed E-state index contributed by atoms with van der Waals surface area (Å²) in [5.41, 5.74) is 8.22. The van der Waals surface area contributed by atoms with E-state index in [-0.39, 0.29) is 24.0 Å². The highest BCUT2D eigenvalue weighted by Gasteiger charge is 2.17. The van der Waals surface area contributed by atoms with Gasteiger partial charge in [-0.2, -0.15) is 4.98 Å². The summed E-state index contributed by atoms with van der Waals surface area (Å²) in [6.45, 7) is 4.21. The summed E-state index contributed by atoms with van der Waals surface area (Å²) in [5.74, 6) is 0.462. The monoisotopic (exact) mass is 462 g/mol. The second-order valence-corrected chi connectivity index (χ2v) is 7.75. The number of nitrogens with zero attached hydrogens (tertiary/aromatic N) is 3. The zero-order valence-electron chi connectivity index (χ0n) is 18.8. The number of ether oxygens (including phenoxy) is 2. The van der Waals surface area contributed by atoms with Crippen molar-refractivity contribution in [1.29, 1.82) is 0 Å². The van der Waals surface area contributed by atoms with Gasteiger partial charge in [-0.3, -0.25) is 9.59 Å². The molecular weight excluding hydrogens is 436 g/mol. The lowest BCUT2D eigenvalue weighted by molar-refractivity contribution is -0.137. The Hall–Kier alpha value is -4.18. The van der Waals surface area contributed by atoms with Gasteiger partial charge in [0.05, 0.1) is 13.2 Å². The van der Waals surface area contributed by atoms with Crippen LogP contribution < -0.4 is 21.1 Å². The van der Waals surface area contributed by atoms with Gasteiger partial charge in [0.1, 0.15) is 17.1 Å². The molecule has 1 aromatic heterocycles. The van der Waals surface area contributed by atoms with Gasteiger partial charge >= 0.3 is 0 Å². The molecule has 176 valence electrons. The molecule has 0 bridgehead atoms. The Morgan fingerprint density at radius 3 is 2.56 bits per heavy atom. The average Bonchev–Trinajstić information content (AvgIpc) is 2.84. The highest BCUT2D eigenvalue weighted by molar-refractivity contribution is 5.98. The van der Waals surface area contributed by atoms with E-state index in [2.05, 4.69) is 20.6 Å². The second-order valence-electron chi connectivity index (χ2n) is 7.75. The van der Waals surface area contributed by atoms with E-state index in [1.54, 1.807) is 29.2 Å². The van der Waals surface area contributed by atoms with Crippen molar-refractivity contribution in [2.75, 3.05) is 43.5 Å². The molecule has 1 saturated heterocycles. The van der Waals surface area contributed by atoms with Gasteiger partial charge in [0.2, 0.25) is 5.95 Å². The standard InChI is InChI=1S/C24H26N6O4/c1-16-3-2-4-18(13-16)27-23-20(22(25)32)14-26-24(29-23)28-17-5-7-19(8-6-17)34-15-21(31)30-9-11-33-12-10-30/h2-8,13-14H,9-12,15H2,1H3,(H2,25,32)(H2,26,27,28,29). The van der Waals surface area contributed by atoms with Crippen molar-refractivity contribution in [1.82, 2.24) is 14.9 Å². The van der Waals surface area contributed by atoms with Gasteiger partial charge in [-0.15, -0.1) is 0 Å². The molecule has 10 heteroatoms. The normalized spacial score (nSPS) is 13.3. The molecule has 3 aromatic rings. The molecule has 2 heterocycles. The Kier molecular flexibility index (Phi) is 7.19. The molecule has 0 saturated carbocycles. The number of nitrogens with one attached hydrogen (secondary N) is 2. The number of primary amides is 1. The first-order valence-electron chi connectivity index (χ1n) is 10.8. The van der Waals surface area contributed by atoms with Crippen molar-refractivity contribution in [3.8, 4) is 5.75 Å². The van der Waals surface area contributed by atoms with Crippen LogP contribution in [0.3, 0.4) is 0 Å². The first-order chi connectivity index (χ1) is 16.5. The van der Waals surface area contributed by atoms with Crippen LogP contribution in [0.15, 0.2) is 54.7 Å². The molecule has 0 radical (unpaired) electrons. The molecule has 2 aromatic carbocycles. The summed E-state index contributed by atoms with van der Waals surface area (Å²) in [6.07, 6.45) is 1.38. The Bertz CT molecular complexity index is 1160. The number of carbonyl (C=O) groups is 2. The van der Waals surface area contributed by atoms with E-state index in [9.17, 15) is 9.59 Å². The molecule has 4 N–H and O–H groups in total. The Morgan fingerprint density at radius 2 is 1.85 bits per heavy atom. The van der Waals surface area contributed by atoms with E-state index < -0.39 is 5.91 Å². The fourth-order valence-electron chi connectivity index (χ4n) is 3.39. The van der Waals surface area contributed by atoms with Crippen LogP contribution in [0.25, 0.3) is 0 Å². The van der Waals surface area contributed by atoms with Crippen LogP contribution in [0, 0.1) is 6.92 Å². The van der Waals surface area contributed by atoms with E-state index in [1.807, 2.05) is 31.2 Å². The summed E-state index contributed by atoms with van der Waals surface area (Å²) in [4.78, 5) is 34.4. The van der Waals surface area contributed by atoms with Crippen LogP contribution in [-0.2, 0) is 9.53 Å². The van der Waals surface area contributed by atoms with Crippen molar-refractivity contribution in [2.45, 2.75) is 6.92 Å². The summed E-state index contributed by atoms with van der Waals surface area (Å²) in [6, 6.07) is 14.7. The van der Waals surface area contributed by atoms with Crippen LogP contribution in [0.1, 0.15) is 15.9 Å². The van der Waals surface area contributed by atoms with Crippen molar-refractivity contribution >= 4 is 35.0 Å². The molecular formula is C24H26N6O4. The minimum Gasteiger partial charge on any atom is -0.484 e. The Labute approximate surface area is 197 Å². The van der Waals surface area contributed by atoms with Gasteiger partial charge in [0.25, 0.3) is 11.8 Å². The molecule has 34 heavy (non-hydrogen) atoms. The maximum atomic E-state index is 12.2. The van der Waals surface area contributed by atoms with Gasteiger partial charge in [-0.1, -0.05) is 12.1 Å². The number of anilines is 4. The first kappa shape index (κ1) is 23.0. The number of hydrogen-bond donors (Lipinski definition) is 3. The quantitative estimate of drug-likeness (QED) is 0.465. The van der Waals surface area contributed by atoms with Gasteiger partial charge in [-0.25, -0.2) is 4.98 Å². The maximum Gasteiger partial charge on any atom is 0.260 e. The summed E-state index contributed by atoms with van der Waals surface area (Å²) in [7, 11) is 0. The van der Waals surface area contributed by atoms with Gasteiger partial charge < -0.3 is 30.7 Å². The van der Waals surface area contributed by atoms with Crippen LogP contribution in [0.5, 0.6) is 5.75 Å². The van der Waals surface area contributed by atoms with Gasteiger partial charge in [0, 0.05) is 30.7 Å². The number of rotatable bonds is 8. The maximum absolute atomic E-state index is 12.2. The fourth-order valence-corrected chi connectivity index (χ4v) is 3.39. The predicted octanol–water partition coefficient (Wildman–Crippen LogP) is 2.61. The zero-order valence-corrected chi connectivity index (χ0v) is 18.8. The van der Waals surface area contributed by atoms with E-state index in [0.29, 0.717) is 43.6 Å². The topological polar surface area (TPSA) is 132 Å². The van der Waals surface area contributed by atoms with Crippen molar-refractivity contribution in [3.05, 3.63) is 65.9 Å². The minimum atomic E-state index is -0.630. The lowest BCUT2D eigenvalue weighted by Gasteiger charge is -2.26. The summed E-state index contributed by atoms with van der Waals surface area (Å²) in [5, 5.41) is 6.22. The fraction of sp³-hybridized carbons (Fsp3) is 0.250. The molecule has 0 spiro atoms. The van der Waals surface area contributed by atoms with Gasteiger partial charge in [-0.05, 0) is 48.9 Å². The Morgan fingerprint density at radius 1 is 1.09 bits per heavy atom. The number of benzene rings is 2. The number of nitrogens with two attached hydrogens (primary N) is 1. The van der Waals surface area contributed by atoms with E-state index in [0.717, 1.165) is 11.3 Å². The molecule has 0 unspecified atom stereocenters. The number of hydrogen-bond acceptors (Lipinski definition) is 8. The van der Waals surface area contributed by atoms with E-state index in [1.165, 1.54) is 6.20 Å². The average molecular weight is 463 g/mol. The van der Waals surface area contributed by atoms with Crippen LogP contribution in [-0.4, -0.2) is 59.6 Å². The molecule has 1 aliphatic rings. The van der Waals surface area contributed by atoms with Crippen LogP contribution >= 0.6 is 0 Å². The van der Waals surface area contributed by atoms with Crippen molar-refractivity contribution in [2.24, 2.45) is 5.73 Å². The van der Waals surface area contributed by atoms with E-state index in [4.69, 9.17) is 15.2 Å². The highest BCUT2D eigenvalue weighted by atomic mass is 16.5. The van der Waals surface area contributed by atoms with E-state index >= 15 is 0 Å². The number of aromatic nitrogens is 2. The number of amides is 2. The zero-order chi connectivity index (χ0) is 23.9. The lowest BCUT2D eigenvalue weighted by Crippen LogP contribution is -2.42. The number of morpholine rings is 1. The molecule has 0 aliphatic carbocycles. The molecule has 10 nitrogen and oxygen atoms in total. The number of aryl methyl sites for hydroxylation is 1. The third-order valence-electron chi connectivity index (χ3n) is 5.17. The highest BCUT2D eigenvalue weighted by Crippen LogP contribution is 2.23. The van der Waals surface area contributed by atoms with Crippen molar-refractivity contribution < 1.29 is 19.1 Å².